The van der Waals surface area contributed by atoms with Crippen molar-refractivity contribution >= 4 is 5.91 Å². The van der Waals surface area contributed by atoms with Crippen LogP contribution >= 0.6 is 0 Å². The molecule has 0 radical (unpaired) electrons. The van der Waals surface area contributed by atoms with Crippen LogP contribution in [0.2, 0.25) is 0 Å². The zero-order valence-corrected chi connectivity index (χ0v) is 10.7. The number of nitrogens with one attached hydrogen (secondary N) is 1. The standard InChI is InChI=1S/C13H24N2O/c1-9-7-8-14-12(9)13(16)15-10(2)5-4-6-11(15)3/h9-12,14H,4-8H2,1-3H3. The maximum absolute atomic E-state index is 12.5. The molecule has 2 fully saturated rings. The van der Waals surface area contributed by atoms with E-state index in [1.165, 1.54) is 6.42 Å². The first-order chi connectivity index (χ1) is 7.61. The van der Waals surface area contributed by atoms with Crippen LogP contribution in [-0.2, 0) is 4.79 Å². The largest absolute Gasteiger partial charge is 0.336 e. The molecule has 3 heteroatoms. The summed E-state index contributed by atoms with van der Waals surface area (Å²) in [7, 11) is 0. The molecule has 2 saturated heterocycles. The number of likely N-dealkylation sites (tertiary alicyclic amines) is 1. The van der Waals surface area contributed by atoms with Crippen molar-refractivity contribution in [3.8, 4) is 0 Å². The minimum atomic E-state index is 0.0722. The van der Waals surface area contributed by atoms with Gasteiger partial charge in [0.15, 0.2) is 0 Å². The van der Waals surface area contributed by atoms with Crippen molar-refractivity contribution in [3.05, 3.63) is 0 Å². The van der Waals surface area contributed by atoms with Gasteiger partial charge in [-0.1, -0.05) is 6.92 Å². The van der Waals surface area contributed by atoms with Gasteiger partial charge in [-0.15, -0.1) is 0 Å². The Kier molecular flexibility index (Phi) is 3.53. The van der Waals surface area contributed by atoms with E-state index >= 15 is 0 Å². The fourth-order valence-corrected chi connectivity index (χ4v) is 3.18. The van der Waals surface area contributed by atoms with Gasteiger partial charge in [0, 0.05) is 12.1 Å². The Morgan fingerprint density at radius 1 is 1.12 bits per heavy atom. The van der Waals surface area contributed by atoms with Gasteiger partial charge >= 0.3 is 0 Å². The molecule has 0 aliphatic carbocycles. The Labute approximate surface area is 98.6 Å². The fourth-order valence-electron chi connectivity index (χ4n) is 3.18. The SMILES string of the molecule is CC1CCNC1C(=O)N1C(C)CCCC1C. The van der Waals surface area contributed by atoms with Crippen molar-refractivity contribution in [1.82, 2.24) is 10.2 Å². The first-order valence-electron chi connectivity index (χ1n) is 6.67. The lowest BCUT2D eigenvalue weighted by molar-refractivity contribution is -0.140. The normalized spacial score (nSPS) is 40.1. The van der Waals surface area contributed by atoms with E-state index in [-0.39, 0.29) is 6.04 Å². The number of rotatable bonds is 1. The van der Waals surface area contributed by atoms with Gasteiger partial charge in [0.25, 0.3) is 0 Å². The van der Waals surface area contributed by atoms with Crippen LogP contribution in [0.5, 0.6) is 0 Å². The predicted octanol–water partition coefficient (Wildman–Crippen LogP) is 1.77. The highest BCUT2D eigenvalue weighted by Gasteiger charge is 2.37. The number of amides is 1. The average molecular weight is 224 g/mol. The van der Waals surface area contributed by atoms with Crippen LogP contribution < -0.4 is 5.32 Å². The van der Waals surface area contributed by atoms with Crippen LogP contribution in [0.3, 0.4) is 0 Å². The van der Waals surface area contributed by atoms with E-state index in [1.54, 1.807) is 0 Å². The molecule has 2 rings (SSSR count). The topological polar surface area (TPSA) is 32.3 Å². The van der Waals surface area contributed by atoms with E-state index in [0.717, 1.165) is 25.8 Å². The van der Waals surface area contributed by atoms with Crippen molar-refractivity contribution in [2.24, 2.45) is 5.92 Å². The molecule has 0 bridgehead atoms. The molecule has 4 atom stereocenters. The van der Waals surface area contributed by atoms with Crippen LogP contribution in [0.15, 0.2) is 0 Å². The van der Waals surface area contributed by atoms with E-state index in [9.17, 15) is 4.79 Å². The Balaban J connectivity index is 2.07. The van der Waals surface area contributed by atoms with Gasteiger partial charge in [-0.3, -0.25) is 4.79 Å². The van der Waals surface area contributed by atoms with Gasteiger partial charge in [0.1, 0.15) is 0 Å². The molecular weight excluding hydrogens is 200 g/mol. The van der Waals surface area contributed by atoms with Gasteiger partial charge in [0.05, 0.1) is 6.04 Å². The van der Waals surface area contributed by atoms with Crippen LogP contribution in [0.25, 0.3) is 0 Å². The fraction of sp³-hybridized carbons (Fsp3) is 0.923. The highest BCUT2D eigenvalue weighted by atomic mass is 16.2. The molecule has 0 aromatic carbocycles. The summed E-state index contributed by atoms with van der Waals surface area (Å²) in [5.41, 5.74) is 0. The maximum atomic E-state index is 12.5. The monoisotopic (exact) mass is 224 g/mol. The summed E-state index contributed by atoms with van der Waals surface area (Å²) in [6.07, 6.45) is 4.72. The highest BCUT2D eigenvalue weighted by Crippen LogP contribution is 2.26. The molecule has 2 aliphatic heterocycles. The van der Waals surface area contributed by atoms with E-state index < -0.39 is 0 Å². The van der Waals surface area contributed by atoms with Crippen molar-refractivity contribution < 1.29 is 4.79 Å². The summed E-state index contributed by atoms with van der Waals surface area (Å²) in [4.78, 5) is 14.6. The second-order valence-corrected chi connectivity index (χ2v) is 5.57. The van der Waals surface area contributed by atoms with Gasteiger partial charge in [0.2, 0.25) is 5.91 Å². The van der Waals surface area contributed by atoms with Crippen molar-refractivity contribution in [3.63, 3.8) is 0 Å². The third-order valence-electron chi connectivity index (χ3n) is 4.25. The summed E-state index contributed by atoms with van der Waals surface area (Å²) in [6.45, 7) is 7.55. The third-order valence-corrected chi connectivity index (χ3v) is 4.25. The highest BCUT2D eigenvalue weighted by molar-refractivity contribution is 5.83. The number of nitrogens with zero attached hydrogens (tertiary/aromatic N) is 1. The van der Waals surface area contributed by atoms with Gasteiger partial charge < -0.3 is 10.2 Å². The lowest BCUT2D eigenvalue weighted by atomic mass is 9.94. The quantitative estimate of drug-likeness (QED) is 0.736. The number of hydrogen-bond acceptors (Lipinski definition) is 2. The molecule has 1 N–H and O–H groups in total. The number of carbonyl (C=O) groups is 1. The molecule has 1 amide bonds. The van der Waals surface area contributed by atoms with Gasteiger partial charge in [-0.25, -0.2) is 0 Å². The van der Waals surface area contributed by atoms with Crippen LogP contribution in [0.1, 0.15) is 46.5 Å². The molecule has 0 spiro atoms. The van der Waals surface area contributed by atoms with Gasteiger partial charge in [-0.05, 0) is 52.0 Å². The number of carbonyl (C=O) groups excluding carboxylic acids is 1. The molecular formula is C13H24N2O. The molecule has 16 heavy (non-hydrogen) atoms. The Hall–Kier alpha value is -0.570. The second-order valence-electron chi connectivity index (χ2n) is 5.57. The van der Waals surface area contributed by atoms with Crippen molar-refractivity contribution in [1.29, 1.82) is 0 Å². The number of hydrogen-bond donors (Lipinski definition) is 1. The lowest BCUT2D eigenvalue weighted by Crippen LogP contribution is -2.54. The molecule has 4 unspecified atom stereocenters. The molecule has 3 nitrogen and oxygen atoms in total. The summed E-state index contributed by atoms with van der Waals surface area (Å²) in [5.74, 6) is 0.832. The summed E-state index contributed by atoms with van der Waals surface area (Å²) in [6, 6.07) is 0.916. The summed E-state index contributed by atoms with van der Waals surface area (Å²) >= 11 is 0. The second kappa shape index (κ2) is 4.74. The van der Waals surface area contributed by atoms with E-state index in [4.69, 9.17) is 0 Å². The first kappa shape index (κ1) is 11.9. The first-order valence-corrected chi connectivity index (χ1v) is 6.67. The van der Waals surface area contributed by atoms with Crippen molar-refractivity contribution in [2.45, 2.75) is 64.6 Å². The number of piperidine rings is 1. The Morgan fingerprint density at radius 2 is 1.75 bits per heavy atom. The molecule has 0 aromatic heterocycles. The summed E-state index contributed by atoms with van der Waals surface area (Å²) < 4.78 is 0. The predicted molar refractivity (Wildman–Crippen MR) is 65.2 cm³/mol. The molecule has 2 aliphatic rings. The molecule has 2 heterocycles. The Bertz CT molecular complexity index is 257. The Morgan fingerprint density at radius 3 is 2.25 bits per heavy atom. The average Bonchev–Trinajstić information content (AvgIpc) is 2.64. The minimum absolute atomic E-state index is 0.0722. The molecule has 0 saturated carbocycles. The van der Waals surface area contributed by atoms with Crippen molar-refractivity contribution in [2.75, 3.05) is 6.54 Å². The van der Waals surface area contributed by atoms with Crippen LogP contribution in [-0.4, -0.2) is 35.5 Å². The zero-order chi connectivity index (χ0) is 11.7. The van der Waals surface area contributed by atoms with Crippen LogP contribution in [0, 0.1) is 5.92 Å². The minimum Gasteiger partial charge on any atom is -0.336 e. The zero-order valence-electron chi connectivity index (χ0n) is 10.7. The molecule has 0 aromatic rings. The maximum Gasteiger partial charge on any atom is 0.240 e. The van der Waals surface area contributed by atoms with Gasteiger partial charge in [-0.2, -0.15) is 0 Å². The molecule has 92 valence electrons. The lowest BCUT2D eigenvalue weighted by Gasteiger charge is -2.41. The summed E-state index contributed by atoms with van der Waals surface area (Å²) in [5, 5.41) is 3.35. The van der Waals surface area contributed by atoms with E-state index in [1.807, 2.05) is 0 Å². The van der Waals surface area contributed by atoms with E-state index in [0.29, 0.717) is 23.9 Å². The van der Waals surface area contributed by atoms with Crippen LogP contribution in [0.4, 0.5) is 0 Å². The third kappa shape index (κ3) is 2.10. The van der Waals surface area contributed by atoms with E-state index in [2.05, 4.69) is 31.0 Å². The smallest absolute Gasteiger partial charge is 0.240 e.